The van der Waals surface area contributed by atoms with Crippen LogP contribution in [0, 0.1) is 0 Å². The van der Waals surface area contributed by atoms with Crippen molar-refractivity contribution in [2.24, 2.45) is 7.05 Å². The molecule has 5 rings (SSSR count). The molecule has 0 aliphatic carbocycles. The van der Waals surface area contributed by atoms with Gasteiger partial charge in [0.15, 0.2) is 5.89 Å². The van der Waals surface area contributed by atoms with Gasteiger partial charge in [-0.05, 0) is 24.6 Å². The molecule has 2 aliphatic rings. The highest BCUT2D eigenvalue weighted by molar-refractivity contribution is 7.89. The van der Waals surface area contributed by atoms with Crippen LogP contribution in [0.25, 0.3) is 10.9 Å². The zero-order valence-corrected chi connectivity index (χ0v) is 17.1. The van der Waals surface area contributed by atoms with E-state index in [0.29, 0.717) is 42.5 Å². The van der Waals surface area contributed by atoms with Gasteiger partial charge in [0.25, 0.3) is 5.56 Å². The lowest BCUT2D eigenvalue weighted by atomic mass is 10.1. The Kier molecular flexibility index (Phi) is 4.42. The molecule has 11 heteroatoms. The molecule has 0 bridgehead atoms. The van der Waals surface area contributed by atoms with Crippen molar-refractivity contribution < 1.29 is 17.6 Å². The van der Waals surface area contributed by atoms with Crippen molar-refractivity contribution in [3.8, 4) is 0 Å². The van der Waals surface area contributed by atoms with Crippen molar-refractivity contribution in [2.45, 2.75) is 30.2 Å². The quantitative estimate of drug-likeness (QED) is 0.637. The van der Waals surface area contributed by atoms with Crippen molar-refractivity contribution in [1.29, 1.82) is 0 Å². The number of aromatic nitrogens is 3. The van der Waals surface area contributed by atoms with Crippen LogP contribution in [0.3, 0.4) is 0 Å². The number of sulfonamides is 1. The van der Waals surface area contributed by atoms with Crippen LogP contribution in [0.5, 0.6) is 0 Å². The molecular formula is C19H20N4O6S. The number of rotatable bonds is 3. The van der Waals surface area contributed by atoms with E-state index >= 15 is 0 Å². The summed E-state index contributed by atoms with van der Waals surface area (Å²) < 4.78 is 40.0. The number of hydrogen-bond donors (Lipinski definition) is 1. The third kappa shape index (κ3) is 3.01. The Hall–Kier alpha value is -2.76. The number of aromatic amines is 1. The molecule has 1 saturated heterocycles. The van der Waals surface area contributed by atoms with Gasteiger partial charge in [-0.25, -0.2) is 18.2 Å². The predicted octanol–water partition coefficient (Wildman–Crippen LogP) is 0.466. The molecule has 2 aromatic heterocycles. The lowest BCUT2D eigenvalue weighted by molar-refractivity contribution is 0.190. The van der Waals surface area contributed by atoms with Gasteiger partial charge < -0.3 is 14.1 Å². The summed E-state index contributed by atoms with van der Waals surface area (Å²) in [5, 5.41) is 0.140. The average Bonchev–Trinajstić information content (AvgIpc) is 3.40. The van der Waals surface area contributed by atoms with Gasteiger partial charge in [0.1, 0.15) is 5.76 Å². The molecule has 0 saturated carbocycles. The topological polar surface area (TPSA) is 128 Å². The van der Waals surface area contributed by atoms with Gasteiger partial charge in [0.05, 0.1) is 40.6 Å². The molecule has 0 spiro atoms. The van der Waals surface area contributed by atoms with Crippen LogP contribution in [0.4, 0.5) is 0 Å². The van der Waals surface area contributed by atoms with Crippen molar-refractivity contribution in [3.63, 3.8) is 0 Å². The Morgan fingerprint density at radius 3 is 2.87 bits per heavy atom. The van der Waals surface area contributed by atoms with Crippen molar-refractivity contribution in [3.05, 3.63) is 56.4 Å². The van der Waals surface area contributed by atoms with Crippen LogP contribution in [0.1, 0.15) is 29.7 Å². The summed E-state index contributed by atoms with van der Waals surface area (Å²) in [4.78, 5) is 31.2. The minimum absolute atomic E-state index is 0.00416. The molecule has 1 unspecified atom stereocenters. The number of H-pyrrole nitrogens is 1. The summed E-state index contributed by atoms with van der Waals surface area (Å²) in [6, 6.07) is 4.14. The molecule has 0 amide bonds. The van der Waals surface area contributed by atoms with Crippen LogP contribution < -0.4 is 11.2 Å². The number of fused-ring (bicyclic) bond motifs is 2. The number of hydrogen-bond acceptors (Lipinski definition) is 7. The third-order valence-corrected chi connectivity index (χ3v) is 7.54. The normalized spacial score (nSPS) is 20.0. The Morgan fingerprint density at radius 2 is 2.10 bits per heavy atom. The fourth-order valence-corrected chi connectivity index (χ4v) is 5.32. The summed E-state index contributed by atoms with van der Waals surface area (Å²) in [6.45, 7) is 1.60. The number of benzene rings is 1. The highest BCUT2D eigenvalue weighted by atomic mass is 32.2. The molecule has 10 nitrogen and oxygen atoms in total. The molecule has 3 aromatic rings. The van der Waals surface area contributed by atoms with Gasteiger partial charge in [0, 0.05) is 26.6 Å². The van der Waals surface area contributed by atoms with Crippen molar-refractivity contribution >= 4 is 20.9 Å². The Balaban J connectivity index is 1.48. The minimum atomic E-state index is -3.86. The first-order chi connectivity index (χ1) is 14.3. The summed E-state index contributed by atoms with van der Waals surface area (Å²) in [5.41, 5.74) is -0.191. The summed E-state index contributed by atoms with van der Waals surface area (Å²) in [6.07, 6.45) is 1.27. The van der Waals surface area contributed by atoms with Crippen LogP contribution in [-0.2, 0) is 34.8 Å². The second kappa shape index (κ2) is 6.89. The maximum Gasteiger partial charge on any atom is 0.328 e. The monoisotopic (exact) mass is 432 g/mol. The second-order valence-corrected chi connectivity index (χ2v) is 9.51. The molecule has 1 fully saturated rings. The summed E-state index contributed by atoms with van der Waals surface area (Å²) >= 11 is 0. The van der Waals surface area contributed by atoms with Crippen molar-refractivity contribution in [2.75, 3.05) is 19.8 Å². The Morgan fingerprint density at radius 1 is 1.27 bits per heavy atom. The van der Waals surface area contributed by atoms with Crippen molar-refractivity contribution in [1.82, 2.24) is 18.8 Å². The lowest BCUT2D eigenvalue weighted by Gasteiger charge is -2.24. The zero-order valence-electron chi connectivity index (χ0n) is 16.3. The molecule has 158 valence electrons. The highest BCUT2D eigenvalue weighted by Crippen LogP contribution is 2.30. The molecule has 4 heterocycles. The summed E-state index contributed by atoms with van der Waals surface area (Å²) in [7, 11) is -2.52. The van der Waals surface area contributed by atoms with Gasteiger partial charge in [-0.1, -0.05) is 0 Å². The van der Waals surface area contributed by atoms with Gasteiger partial charge in [-0.2, -0.15) is 4.31 Å². The molecule has 1 aromatic carbocycles. The molecule has 0 radical (unpaired) electrons. The van der Waals surface area contributed by atoms with E-state index in [1.165, 1.54) is 29.6 Å². The molecule has 1 atom stereocenters. The zero-order chi connectivity index (χ0) is 21.0. The van der Waals surface area contributed by atoms with Crippen LogP contribution in [0.15, 0.2) is 37.1 Å². The second-order valence-electron chi connectivity index (χ2n) is 7.57. The molecule has 2 aliphatic heterocycles. The largest absolute Gasteiger partial charge is 0.445 e. The van der Waals surface area contributed by atoms with E-state index < -0.39 is 21.3 Å². The standard InChI is InChI=1S/C19H20N4O6S/c1-22-18(24)13-8-12(2-3-14(13)21-19(22)25)30(26,27)23-6-4-16-15(9-23)20-17(29-16)11-5-7-28-10-11/h2-3,8,11H,4-7,9-10H2,1H3,(H,21,25). The Bertz CT molecular complexity index is 1360. The number of oxazole rings is 1. The lowest BCUT2D eigenvalue weighted by Crippen LogP contribution is -2.36. The van der Waals surface area contributed by atoms with Gasteiger partial charge in [-0.15, -0.1) is 0 Å². The van der Waals surface area contributed by atoms with Crippen LogP contribution in [-0.4, -0.2) is 47.0 Å². The smallest absolute Gasteiger partial charge is 0.328 e. The molecule has 1 N–H and O–H groups in total. The first-order valence-electron chi connectivity index (χ1n) is 9.64. The number of ether oxygens (including phenoxy) is 1. The fourth-order valence-electron chi connectivity index (χ4n) is 3.89. The Labute approximate surface area is 171 Å². The number of nitrogens with zero attached hydrogens (tertiary/aromatic N) is 3. The van der Waals surface area contributed by atoms with E-state index in [1.54, 1.807) is 0 Å². The van der Waals surface area contributed by atoms with E-state index in [0.717, 1.165) is 11.0 Å². The van der Waals surface area contributed by atoms with Crippen LogP contribution in [0.2, 0.25) is 0 Å². The predicted molar refractivity (Wildman–Crippen MR) is 106 cm³/mol. The summed E-state index contributed by atoms with van der Waals surface area (Å²) in [5.74, 6) is 1.43. The minimum Gasteiger partial charge on any atom is -0.445 e. The maximum absolute atomic E-state index is 13.2. The first-order valence-corrected chi connectivity index (χ1v) is 11.1. The number of nitrogens with one attached hydrogen (secondary N) is 1. The van der Waals surface area contributed by atoms with E-state index in [4.69, 9.17) is 9.15 Å². The molecular weight excluding hydrogens is 412 g/mol. The van der Waals surface area contributed by atoms with E-state index in [9.17, 15) is 18.0 Å². The van der Waals surface area contributed by atoms with E-state index in [-0.39, 0.29) is 29.3 Å². The molecule has 30 heavy (non-hydrogen) atoms. The third-order valence-electron chi connectivity index (χ3n) is 5.70. The van der Waals surface area contributed by atoms with Gasteiger partial charge >= 0.3 is 5.69 Å². The maximum atomic E-state index is 13.2. The van der Waals surface area contributed by atoms with E-state index in [1.807, 2.05) is 0 Å². The average molecular weight is 432 g/mol. The fraction of sp³-hybridized carbons (Fsp3) is 0.421. The SMILES string of the molecule is Cn1c(=O)[nH]c2ccc(S(=O)(=O)N3CCc4oc(C5CCOC5)nc4C3)cc2c1=O. The highest BCUT2D eigenvalue weighted by Gasteiger charge is 2.33. The van der Waals surface area contributed by atoms with Gasteiger partial charge in [-0.3, -0.25) is 9.36 Å². The van der Waals surface area contributed by atoms with E-state index in [2.05, 4.69) is 9.97 Å². The van der Waals surface area contributed by atoms with Gasteiger partial charge in [0.2, 0.25) is 10.0 Å². The first kappa shape index (κ1) is 19.2. The van der Waals surface area contributed by atoms with Crippen LogP contribution >= 0.6 is 0 Å².